The number of thiophene rings is 1. The fraction of sp³-hybridized carbons (Fsp3) is 0.350. The number of nitrogens with one attached hydrogen (secondary N) is 1. The van der Waals surface area contributed by atoms with Gasteiger partial charge in [0.2, 0.25) is 0 Å². The number of aryl methyl sites for hydroxylation is 1. The number of benzene rings is 1. The molecule has 0 aliphatic heterocycles. The van der Waals surface area contributed by atoms with Crippen molar-refractivity contribution in [2.45, 2.75) is 20.3 Å². The number of esters is 1. The molecule has 0 saturated carbocycles. The van der Waals surface area contributed by atoms with Gasteiger partial charge < -0.3 is 24.4 Å². The highest BCUT2D eigenvalue weighted by Crippen LogP contribution is 2.35. The molecule has 10 heteroatoms. The van der Waals surface area contributed by atoms with Crippen molar-refractivity contribution in [1.29, 1.82) is 0 Å². The third-order valence-electron chi connectivity index (χ3n) is 3.81. The zero-order valence-electron chi connectivity index (χ0n) is 17.1. The summed E-state index contributed by atoms with van der Waals surface area (Å²) < 4.78 is 15.4. The molecular formula is C20H23ClN2O6S. The van der Waals surface area contributed by atoms with Crippen molar-refractivity contribution in [3.63, 3.8) is 0 Å². The van der Waals surface area contributed by atoms with Crippen molar-refractivity contribution in [2.75, 3.05) is 32.8 Å². The predicted octanol–water partition coefficient (Wildman–Crippen LogP) is 4.15. The van der Waals surface area contributed by atoms with Gasteiger partial charge in [-0.1, -0.05) is 23.7 Å². The molecule has 0 spiro atoms. The van der Waals surface area contributed by atoms with E-state index >= 15 is 0 Å². The van der Waals surface area contributed by atoms with E-state index in [0.29, 0.717) is 32.6 Å². The van der Waals surface area contributed by atoms with E-state index in [1.807, 2.05) is 6.92 Å². The van der Waals surface area contributed by atoms with Crippen molar-refractivity contribution in [3.8, 4) is 11.5 Å². The molecule has 1 aromatic carbocycles. The Kier molecular flexibility index (Phi) is 8.94. The molecule has 1 aromatic heterocycles. The average Bonchev–Trinajstić information content (AvgIpc) is 3.13. The van der Waals surface area contributed by atoms with Gasteiger partial charge in [-0.15, -0.1) is 11.3 Å². The number of nitrogens with zero attached hydrogens (tertiary/aromatic N) is 1. The highest BCUT2D eigenvalue weighted by Gasteiger charge is 2.18. The number of hydrogen-bond donors (Lipinski definition) is 1. The number of carbonyl (C=O) groups is 2. The minimum absolute atomic E-state index is 0.252. The van der Waals surface area contributed by atoms with E-state index in [1.165, 1.54) is 31.8 Å². The van der Waals surface area contributed by atoms with Crippen molar-refractivity contribution in [2.24, 2.45) is 5.16 Å². The third kappa shape index (κ3) is 6.11. The van der Waals surface area contributed by atoms with Crippen molar-refractivity contribution in [3.05, 3.63) is 39.2 Å². The van der Waals surface area contributed by atoms with Crippen LogP contribution in [0, 0.1) is 0 Å². The number of anilines is 1. The van der Waals surface area contributed by atoms with Gasteiger partial charge in [-0.05, 0) is 31.5 Å². The monoisotopic (exact) mass is 454 g/mol. The second-order valence-corrected chi connectivity index (χ2v) is 7.37. The summed E-state index contributed by atoms with van der Waals surface area (Å²) in [5.41, 5.74) is 0.934. The Bertz CT molecular complexity index is 928. The van der Waals surface area contributed by atoms with E-state index in [9.17, 15) is 9.59 Å². The molecule has 2 aromatic rings. The van der Waals surface area contributed by atoms with Gasteiger partial charge in [0.05, 0.1) is 37.6 Å². The van der Waals surface area contributed by atoms with E-state index in [2.05, 4.69) is 10.5 Å². The molecule has 0 unspecified atom stereocenters. The van der Waals surface area contributed by atoms with Crippen LogP contribution in [0.2, 0.25) is 5.02 Å². The van der Waals surface area contributed by atoms with Crippen LogP contribution in [0.3, 0.4) is 0 Å². The molecule has 0 aliphatic rings. The van der Waals surface area contributed by atoms with Crippen LogP contribution in [0.5, 0.6) is 11.5 Å². The number of hydrogen-bond acceptors (Lipinski definition) is 8. The van der Waals surface area contributed by atoms with Crippen LogP contribution < -0.4 is 14.8 Å². The summed E-state index contributed by atoms with van der Waals surface area (Å²) in [5, 5.41) is 7.22. The molecule has 2 rings (SSSR count). The van der Waals surface area contributed by atoms with Gasteiger partial charge in [0.15, 0.2) is 18.1 Å². The van der Waals surface area contributed by atoms with Gasteiger partial charge in [-0.2, -0.15) is 0 Å². The first-order valence-corrected chi connectivity index (χ1v) is 10.3. The van der Waals surface area contributed by atoms with Crippen LogP contribution in [0.15, 0.2) is 23.4 Å². The smallest absolute Gasteiger partial charge is 0.341 e. The largest absolute Gasteiger partial charge is 0.493 e. The van der Waals surface area contributed by atoms with Crippen LogP contribution in [0.4, 0.5) is 5.00 Å². The van der Waals surface area contributed by atoms with Gasteiger partial charge in [0.1, 0.15) is 5.00 Å². The first-order valence-electron chi connectivity index (χ1n) is 9.09. The molecule has 0 fully saturated rings. The SMILES string of the molecule is CCOC(=O)c1cc(CC)sc1NC(=O)CO/N=C/c1cc(Cl)c(OC)c(OC)c1. The Morgan fingerprint density at radius 3 is 2.60 bits per heavy atom. The number of halogens is 1. The summed E-state index contributed by atoms with van der Waals surface area (Å²) in [4.78, 5) is 30.3. The lowest BCUT2D eigenvalue weighted by Gasteiger charge is -2.09. The predicted molar refractivity (Wildman–Crippen MR) is 116 cm³/mol. The molecule has 30 heavy (non-hydrogen) atoms. The fourth-order valence-corrected chi connectivity index (χ4v) is 3.74. The molecule has 1 amide bonds. The maximum Gasteiger partial charge on any atom is 0.341 e. The molecule has 0 bridgehead atoms. The third-order valence-corrected chi connectivity index (χ3v) is 5.28. The first kappa shape index (κ1) is 23.5. The van der Waals surface area contributed by atoms with Crippen molar-refractivity contribution >= 4 is 46.0 Å². The molecule has 0 atom stereocenters. The summed E-state index contributed by atoms with van der Waals surface area (Å²) >= 11 is 7.46. The topological polar surface area (TPSA) is 95.5 Å². The van der Waals surface area contributed by atoms with E-state index in [1.54, 1.807) is 25.1 Å². The van der Waals surface area contributed by atoms with E-state index in [-0.39, 0.29) is 13.2 Å². The minimum atomic E-state index is -0.479. The maximum atomic E-state index is 12.2. The normalized spacial score (nSPS) is 10.7. The Labute approximate surface area is 183 Å². The van der Waals surface area contributed by atoms with Gasteiger partial charge in [-0.3, -0.25) is 4.79 Å². The summed E-state index contributed by atoms with van der Waals surface area (Å²) in [6, 6.07) is 5.01. The fourth-order valence-electron chi connectivity index (χ4n) is 2.44. The van der Waals surface area contributed by atoms with E-state index in [4.69, 9.17) is 30.6 Å². The lowest BCUT2D eigenvalue weighted by Crippen LogP contribution is -2.18. The van der Waals surface area contributed by atoms with Gasteiger partial charge in [0.25, 0.3) is 5.91 Å². The number of rotatable bonds is 10. The zero-order valence-corrected chi connectivity index (χ0v) is 18.7. The average molecular weight is 455 g/mol. The zero-order chi connectivity index (χ0) is 22.1. The van der Waals surface area contributed by atoms with Crippen LogP contribution in [-0.4, -0.2) is 45.5 Å². The van der Waals surface area contributed by atoms with Crippen molar-refractivity contribution < 1.29 is 28.6 Å². The summed E-state index contributed by atoms with van der Waals surface area (Å²) in [7, 11) is 2.98. The van der Waals surface area contributed by atoms with E-state index in [0.717, 1.165) is 11.3 Å². The molecule has 0 saturated heterocycles. The Morgan fingerprint density at radius 2 is 1.97 bits per heavy atom. The molecule has 1 heterocycles. The van der Waals surface area contributed by atoms with Crippen molar-refractivity contribution in [1.82, 2.24) is 0 Å². The maximum absolute atomic E-state index is 12.2. The highest BCUT2D eigenvalue weighted by molar-refractivity contribution is 7.16. The molecular weight excluding hydrogens is 432 g/mol. The number of ether oxygens (including phenoxy) is 3. The quantitative estimate of drug-likeness (QED) is 0.329. The minimum Gasteiger partial charge on any atom is -0.493 e. The van der Waals surface area contributed by atoms with E-state index < -0.39 is 11.9 Å². The number of oxime groups is 1. The lowest BCUT2D eigenvalue weighted by atomic mass is 10.2. The molecule has 8 nitrogen and oxygen atoms in total. The standard InChI is InChI=1S/C20H23ClN2O6S/c1-5-13-9-14(20(25)28-6-2)19(30-13)23-17(24)11-29-22-10-12-7-15(21)18(27-4)16(8-12)26-3/h7-10H,5-6,11H2,1-4H3,(H,23,24)/b22-10+. The highest BCUT2D eigenvalue weighted by atomic mass is 35.5. The number of methoxy groups -OCH3 is 2. The Morgan fingerprint density at radius 1 is 1.20 bits per heavy atom. The summed E-state index contributed by atoms with van der Waals surface area (Å²) in [6.07, 6.45) is 2.13. The Balaban J connectivity index is 1.98. The number of carbonyl (C=O) groups excluding carboxylic acids is 2. The second-order valence-electron chi connectivity index (χ2n) is 5.82. The summed E-state index contributed by atoms with van der Waals surface area (Å²) in [5.74, 6) is -0.0721. The van der Waals surface area contributed by atoms with Crippen LogP contribution in [-0.2, 0) is 20.8 Å². The van der Waals surface area contributed by atoms with Gasteiger partial charge >= 0.3 is 5.97 Å². The second kappa shape index (κ2) is 11.4. The van der Waals surface area contributed by atoms with Crippen LogP contribution in [0.25, 0.3) is 0 Å². The first-order chi connectivity index (χ1) is 14.4. The number of amides is 1. The lowest BCUT2D eigenvalue weighted by molar-refractivity contribution is -0.120. The molecule has 0 radical (unpaired) electrons. The van der Waals surface area contributed by atoms with Crippen LogP contribution in [0.1, 0.15) is 34.6 Å². The van der Waals surface area contributed by atoms with Crippen LogP contribution >= 0.6 is 22.9 Å². The summed E-state index contributed by atoms with van der Waals surface area (Å²) in [6.45, 7) is 3.60. The molecule has 162 valence electrons. The van der Waals surface area contributed by atoms with Gasteiger partial charge in [0, 0.05) is 10.4 Å². The molecule has 0 aliphatic carbocycles. The Hall–Kier alpha value is -2.78. The molecule has 1 N–H and O–H groups in total. The van der Waals surface area contributed by atoms with Gasteiger partial charge in [-0.25, -0.2) is 4.79 Å².